The summed E-state index contributed by atoms with van der Waals surface area (Å²) in [6.45, 7) is 1.94. The first-order valence-electron chi connectivity index (χ1n) is 5.41. The number of aryl methyl sites for hydroxylation is 1. The Kier molecular flexibility index (Phi) is 3.39. The van der Waals surface area contributed by atoms with E-state index in [9.17, 15) is 4.79 Å². The molecule has 1 aliphatic rings. The van der Waals surface area contributed by atoms with E-state index in [4.69, 9.17) is 5.73 Å². The number of amides is 1. The van der Waals surface area contributed by atoms with E-state index in [0.29, 0.717) is 17.3 Å². The van der Waals surface area contributed by atoms with Crippen LogP contribution in [-0.4, -0.2) is 23.5 Å². The van der Waals surface area contributed by atoms with Crippen molar-refractivity contribution in [3.8, 4) is 0 Å². The second kappa shape index (κ2) is 4.78. The molecule has 0 bridgehead atoms. The van der Waals surface area contributed by atoms with Gasteiger partial charge in [0.05, 0.1) is 0 Å². The second-order valence-electron chi connectivity index (χ2n) is 4.11. The fourth-order valence-corrected chi connectivity index (χ4v) is 2.85. The van der Waals surface area contributed by atoms with Crippen LogP contribution < -0.4 is 11.1 Å². The topological polar surface area (TPSA) is 55.1 Å². The van der Waals surface area contributed by atoms with E-state index in [0.717, 1.165) is 23.5 Å². The van der Waals surface area contributed by atoms with Gasteiger partial charge >= 0.3 is 0 Å². The number of hydrogen-bond acceptors (Lipinski definition) is 3. The van der Waals surface area contributed by atoms with Crippen molar-refractivity contribution < 1.29 is 4.79 Å². The van der Waals surface area contributed by atoms with Crippen LogP contribution in [0.2, 0.25) is 0 Å². The second-order valence-corrected chi connectivity index (χ2v) is 5.26. The maximum atomic E-state index is 11.9. The van der Waals surface area contributed by atoms with E-state index in [1.165, 1.54) is 0 Å². The number of carbonyl (C=O) groups is 1. The van der Waals surface area contributed by atoms with Crippen LogP contribution in [0, 0.1) is 6.92 Å². The minimum absolute atomic E-state index is 0.0146. The zero-order chi connectivity index (χ0) is 11.5. The lowest BCUT2D eigenvalue weighted by Crippen LogP contribution is -2.34. The van der Waals surface area contributed by atoms with Crippen LogP contribution in [-0.2, 0) is 0 Å². The third-order valence-electron chi connectivity index (χ3n) is 2.81. The van der Waals surface area contributed by atoms with Crippen LogP contribution >= 0.6 is 11.8 Å². The summed E-state index contributed by atoms with van der Waals surface area (Å²) in [5, 5.41) is 3.03. The van der Waals surface area contributed by atoms with Crippen molar-refractivity contribution in [1.82, 2.24) is 5.32 Å². The van der Waals surface area contributed by atoms with Crippen LogP contribution in [0.1, 0.15) is 22.3 Å². The summed E-state index contributed by atoms with van der Waals surface area (Å²) in [6.07, 6.45) is 1.07. The van der Waals surface area contributed by atoms with Gasteiger partial charge < -0.3 is 11.1 Å². The van der Waals surface area contributed by atoms with Crippen molar-refractivity contribution in [3.63, 3.8) is 0 Å². The molecule has 1 saturated heterocycles. The van der Waals surface area contributed by atoms with Crippen molar-refractivity contribution in [3.05, 3.63) is 29.3 Å². The number of rotatable bonds is 2. The van der Waals surface area contributed by atoms with Gasteiger partial charge in [0.1, 0.15) is 0 Å². The van der Waals surface area contributed by atoms with E-state index in [-0.39, 0.29) is 5.91 Å². The molecule has 1 unspecified atom stereocenters. The molecule has 1 aromatic carbocycles. The van der Waals surface area contributed by atoms with E-state index in [1.54, 1.807) is 6.07 Å². The number of hydrogen-bond donors (Lipinski definition) is 2. The molecule has 0 saturated carbocycles. The number of thioether (sulfide) groups is 1. The lowest BCUT2D eigenvalue weighted by molar-refractivity contribution is 0.0941. The number of benzene rings is 1. The molecule has 4 heteroatoms. The smallest absolute Gasteiger partial charge is 0.251 e. The molecule has 0 aliphatic carbocycles. The van der Waals surface area contributed by atoms with Crippen molar-refractivity contribution in [2.45, 2.75) is 19.4 Å². The molecule has 0 spiro atoms. The quantitative estimate of drug-likeness (QED) is 0.770. The van der Waals surface area contributed by atoms with Crippen molar-refractivity contribution in [2.24, 2.45) is 0 Å². The third-order valence-corrected chi connectivity index (χ3v) is 3.97. The Morgan fingerprint density at radius 3 is 3.00 bits per heavy atom. The summed E-state index contributed by atoms with van der Waals surface area (Å²) in [6, 6.07) is 5.77. The molecule has 2 rings (SSSR count). The summed E-state index contributed by atoms with van der Waals surface area (Å²) in [4.78, 5) is 11.9. The first-order valence-corrected chi connectivity index (χ1v) is 6.57. The monoisotopic (exact) mass is 236 g/mol. The Hall–Kier alpha value is -1.16. The summed E-state index contributed by atoms with van der Waals surface area (Å²) in [5.41, 5.74) is 8.12. The predicted octanol–water partition coefficient (Wildman–Crippen LogP) is 1.81. The zero-order valence-corrected chi connectivity index (χ0v) is 10.1. The molecule has 1 amide bonds. The molecule has 16 heavy (non-hydrogen) atoms. The molecule has 0 radical (unpaired) electrons. The molecule has 3 nitrogen and oxygen atoms in total. The summed E-state index contributed by atoms with van der Waals surface area (Å²) >= 11 is 1.89. The molecule has 1 heterocycles. The maximum absolute atomic E-state index is 11.9. The van der Waals surface area contributed by atoms with Gasteiger partial charge in [-0.05, 0) is 36.8 Å². The average molecular weight is 236 g/mol. The molecule has 1 aromatic rings. The average Bonchev–Trinajstić information content (AvgIpc) is 2.74. The van der Waals surface area contributed by atoms with Gasteiger partial charge in [-0.2, -0.15) is 11.8 Å². The Labute approximate surface area is 99.8 Å². The first-order chi connectivity index (χ1) is 7.66. The third kappa shape index (κ3) is 2.50. The van der Waals surface area contributed by atoms with E-state index < -0.39 is 0 Å². The fourth-order valence-electron chi connectivity index (χ4n) is 1.70. The van der Waals surface area contributed by atoms with Gasteiger partial charge in [0.25, 0.3) is 5.91 Å². The lowest BCUT2D eigenvalue weighted by atomic mass is 10.1. The Morgan fingerprint density at radius 1 is 1.56 bits per heavy atom. The van der Waals surface area contributed by atoms with E-state index in [2.05, 4.69) is 5.32 Å². The predicted molar refractivity (Wildman–Crippen MR) is 68.8 cm³/mol. The molecular weight excluding hydrogens is 220 g/mol. The fraction of sp³-hybridized carbons (Fsp3) is 0.417. The minimum Gasteiger partial charge on any atom is -0.398 e. The number of nitrogen functional groups attached to an aromatic ring is 1. The number of nitrogens with one attached hydrogen (secondary N) is 1. The van der Waals surface area contributed by atoms with Gasteiger partial charge in [0.15, 0.2) is 0 Å². The SMILES string of the molecule is Cc1ccc(C(=O)NC2CCSC2)cc1N. The Morgan fingerprint density at radius 2 is 2.38 bits per heavy atom. The van der Waals surface area contributed by atoms with Gasteiger partial charge in [-0.25, -0.2) is 0 Å². The van der Waals surface area contributed by atoms with Gasteiger partial charge in [0.2, 0.25) is 0 Å². The molecule has 86 valence electrons. The number of nitrogens with two attached hydrogens (primary N) is 1. The van der Waals surface area contributed by atoms with Gasteiger partial charge in [0, 0.05) is 23.0 Å². The standard InChI is InChI=1S/C12H16N2OS/c1-8-2-3-9(6-11(8)13)12(15)14-10-4-5-16-7-10/h2-3,6,10H,4-5,7,13H2,1H3,(H,14,15). The van der Waals surface area contributed by atoms with Crippen LogP contribution in [0.25, 0.3) is 0 Å². The molecule has 1 aliphatic heterocycles. The maximum Gasteiger partial charge on any atom is 0.251 e. The first kappa shape index (κ1) is 11.3. The summed E-state index contributed by atoms with van der Waals surface area (Å²) in [7, 11) is 0. The van der Waals surface area contributed by atoms with Crippen LogP contribution in [0.4, 0.5) is 5.69 Å². The highest BCUT2D eigenvalue weighted by Gasteiger charge is 2.18. The number of carbonyl (C=O) groups excluding carboxylic acids is 1. The van der Waals surface area contributed by atoms with Crippen molar-refractivity contribution >= 4 is 23.4 Å². The molecule has 1 fully saturated rings. The van der Waals surface area contributed by atoms with Gasteiger partial charge in [-0.1, -0.05) is 6.07 Å². The molecular formula is C12H16N2OS. The highest BCUT2D eigenvalue weighted by molar-refractivity contribution is 7.99. The minimum atomic E-state index is -0.0146. The highest BCUT2D eigenvalue weighted by atomic mass is 32.2. The largest absolute Gasteiger partial charge is 0.398 e. The van der Waals surface area contributed by atoms with E-state index >= 15 is 0 Å². The van der Waals surface area contributed by atoms with E-state index in [1.807, 2.05) is 30.8 Å². The van der Waals surface area contributed by atoms with Gasteiger partial charge in [-0.15, -0.1) is 0 Å². The normalized spacial score (nSPS) is 19.7. The summed E-state index contributed by atoms with van der Waals surface area (Å²) in [5.74, 6) is 2.15. The van der Waals surface area contributed by atoms with Crippen LogP contribution in [0.3, 0.4) is 0 Å². The molecule has 0 aromatic heterocycles. The Balaban J connectivity index is 2.05. The molecule has 1 atom stereocenters. The van der Waals surface area contributed by atoms with Crippen molar-refractivity contribution in [2.75, 3.05) is 17.2 Å². The summed E-state index contributed by atoms with van der Waals surface area (Å²) < 4.78 is 0. The van der Waals surface area contributed by atoms with Crippen LogP contribution in [0.15, 0.2) is 18.2 Å². The van der Waals surface area contributed by atoms with Crippen molar-refractivity contribution in [1.29, 1.82) is 0 Å². The number of anilines is 1. The molecule has 3 N–H and O–H groups in total. The zero-order valence-electron chi connectivity index (χ0n) is 9.32. The Bertz CT molecular complexity index is 400. The highest BCUT2D eigenvalue weighted by Crippen LogP contribution is 2.18. The van der Waals surface area contributed by atoms with Crippen LogP contribution in [0.5, 0.6) is 0 Å². The lowest BCUT2D eigenvalue weighted by Gasteiger charge is -2.11. The van der Waals surface area contributed by atoms with Gasteiger partial charge in [-0.3, -0.25) is 4.79 Å².